The molecule has 0 aromatic heterocycles. The van der Waals surface area contributed by atoms with Crippen molar-refractivity contribution in [1.29, 1.82) is 0 Å². The van der Waals surface area contributed by atoms with E-state index in [1.807, 2.05) is 0 Å². The van der Waals surface area contributed by atoms with Crippen LogP contribution >= 0.6 is 0 Å². The van der Waals surface area contributed by atoms with Crippen molar-refractivity contribution < 1.29 is 9.47 Å². The molecule has 16 heavy (non-hydrogen) atoms. The van der Waals surface area contributed by atoms with Crippen LogP contribution in [-0.2, 0) is 9.47 Å². The molecule has 4 rings (SSSR count). The molecule has 4 aliphatic rings. The maximum absolute atomic E-state index is 6.22. The Kier molecular flexibility index (Phi) is 1.85. The van der Waals surface area contributed by atoms with Crippen LogP contribution in [0, 0.1) is 23.7 Å². The Morgan fingerprint density at radius 3 is 2.69 bits per heavy atom. The average molecular weight is 223 g/mol. The number of hydrogen-bond acceptors (Lipinski definition) is 3. The van der Waals surface area contributed by atoms with Crippen molar-refractivity contribution >= 4 is 0 Å². The minimum Gasteiger partial charge on any atom is -0.362 e. The largest absolute Gasteiger partial charge is 0.362 e. The van der Waals surface area contributed by atoms with E-state index in [-0.39, 0.29) is 0 Å². The van der Waals surface area contributed by atoms with Crippen molar-refractivity contribution in [3.8, 4) is 0 Å². The van der Waals surface area contributed by atoms with Crippen LogP contribution in [0.1, 0.15) is 27.2 Å². The molecule has 0 amide bonds. The number of rotatable bonds is 1. The Morgan fingerprint density at radius 2 is 1.94 bits per heavy atom. The van der Waals surface area contributed by atoms with Crippen molar-refractivity contribution in [2.24, 2.45) is 23.7 Å². The van der Waals surface area contributed by atoms with Crippen molar-refractivity contribution in [3.05, 3.63) is 0 Å². The van der Waals surface area contributed by atoms with Crippen LogP contribution in [0.3, 0.4) is 0 Å². The summed E-state index contributed by atoms with van der Waals surface area (Å²) in [6, 6.07) is 0.531. The van der Waals surface area contributed by atoms with Gasteiger partial charge in [0.15, 0.2) is 0 Å². The van der Waals surface area contributed by atoms with E-state index in [1.165, 1.54) is 6.42 Å². The van der Waals surface area contributed by atoms with E-state index >= 15 is 0 Å². The van der Waals surface area contributed by atoms with Crippen molar-refractivity contribution in [1.82, 2.24) is 4.90 Å². The van der Waals surface area contributed by atoms with Gasteiger partial charge in [0.05, 0.1) is 12.7 Å². The molecule has 3 saturated heterocycles. The van der Waals surface area contributed by atoms with Crippen LogP contribution in [0.2, 0.25) is 0 Å². The molecule has 3 heteroatoms. The van der Waals surface area contributed by atoms with Gasteiger partial charge in [-0.2, -0.15) is 0 Å². The van der Waals surface area contributed by atoms with Crippen LogP contribution in [0.15, 0.2) is 0 Å². The first-order valence-corrected chi connectivity index (χ1v) is 6.73. The lowest BCUT2D eigenvalue weighted by Gasteiger charge is -2.44. The number of ether oxygens (including phenoxy) is 2. The molecule has 0 unspecified atom stereocenters. The minimum absolute atomic E-state index is 0.339. The Hall–Kier alpha value is -0.120. The van der Waals surface area contributed by atoms with Crippen molar-refractivity contribution in [2.75, 3.05) is 6.61 Å². The van der Waals surface area contributed by atoms with Crippen LogP contribution in [0.25, 0.3) is 0 Å². The first kappa shape index (κ1) is 9.86. The molecule has 2 bridgehead atoms. The predicted molar refractivity (Wildman–Crippen MR) is 59.6 cm³/mol. The smallest absolute Gasteiger partial charge is 0.116 e. The fourth-order valence-corrected chi connectivity index (χ4v) is 4.89. The lowest BCUT2D eigenvalue weighted by molar-refractivity contribution is -0.187. The first-order valence-electron chi connectivity index (χ1n) is 6.73. The highest BCUT2D eigenvalue weighted by Crippen LogP contribution is 2.60. The number of nitrogens with zero attached hydrogens (tertiary/aromatic N) is 1. The van der Waals surface area contributed by atoms with Gasteiger partial charge >= 0.3 is 0 Å². The average Bonchev–Trinajstić information content (AvgIpc) is 2.79. The number of piperidine rings is 1. The Balaban J connectivity index is 1.79. The standard InChI is InChI=1S/C13H21NO2/c1-6(2)14-12-8-4-9-11(10(8)5-15-12)7(3)16-13(9)14/h6-13H,4-5H2,1-3H3/t7-,8+,9-,10+,11-,12-,13+/m1/s1. The molecule has 0 spiro atoms. The highest BCUT2D eigenvalue weighted by atomic mass is 16.6. The topological polar surface area (TPSA) is 21.7 Å². The Labute approximate surface area is 97.1 Å². The number of fused-ring (bicyclic) bond motifs is 1. The third-order valence-corrected chi connectivity index (χ3v) is 5.36. The zero-order chi connectivity index (χ0) is 11.0. The van der Waals surface area contributed by atoms with Gasteiger partial charge in [-0.05, 0) is 39.0 Å². The summed E-state index contributed by atoms with van der Waals surface area (Å²) in [5.41, 5.74) is 0. The molecule has 3 heterocycles. The molecule has 3 aliphatic heterocycles. The van der Waals surface area contributed by atoms with E-state index in [1.54, 1.807) is 0 Å². The Morgan fingerprint density at radius 1 is 1.12 bits per heavy atom. The van der Waals surface area contributed by atoms with Crippen molar-refractivity contribution in [3.63, 3.8) is 0 Å². The van der Waals surface area contributed by atoms with E-state index in [0.717, 1.165) is 30.3 Å². The zero-order valence-corrected chi connectivity index (χ0v) is 10.3. The summed E-state index contributed by atoms with van der Waals surface area (Å²) in [4.78, 5) is 2.50. The monoisotopic (exact) mass is 223 g/mol. The summed E-state index contributed by atoms with van der Waals surface area (Å²) >= 11 is 0. The molecule has 0 aromatic rings. The lowest BCUT2D eigenvalue weighted by atomic mass is 9.87. The summed E-state index contributed by atoms with van der Waals surface area (Å²) in [7, 11) is 0. The molecule has 0 radical (unpaired) electrons. The molecular weight excluding hydrogens is 202 g/mol. The van der Waals surface area contributed by atoms with Gasteiger partial charge in [0, 0.05) is 17.9 Å². The molecule has 4 fully saturated rings. The summed E-state index contributed by atoms with van der Waals surface area (Å²) < 4.78 is 12.3. The predicted octanol–water partition coefficient (Wildman–Crippen LogP) is 1.68. The summed E-state index contributed by atoms with van der Waals surface area (Å²) in [5.74, 6) is 3.12. The maximum atomic E-state index is 6.22. The van der Waals surface area contributed by atoms with Gasteiger partial charge in [0.25, 0.3) is 0 Å². The van der Waals surface area contributed by atoms with Gasteiger partial charge in [-0.25, -0.2) is 4.90 Å². The highest BCUT2D eigenvalue weighted by molar-refractivity contribution is 5.09. The fraction of sp³-hybridized carbons (Fsp3) is 1.00. The lowest BCUT2D eigenvalue weighted by Crippen LogP contribution is -2.55. The number of likely N-dealkylation sites (tertiary alicyclic amines) is 1. The van der Waals surface area contributed by atoms with Gasteiger partial charge in [0.2, 0.25) is 0 Å². The molecule has 3 nitrogen and oxygen atoms in total. The second-order valence-corrected chi connectivity index (χ2v) is 6.30. The SMILES string of the molecule is CC(C)N1[C@@H]2OC[C@H]3[C@@H]2C[C@@H]2[C@H]3[C@@H](C)O[C@@H]21. The normalized spacial score (nSPS) is 58.9. The van der Waals surface area contributed by atoms with E-state index in [4.69, 9.17) is 9.47 Å². The van der Waals surface area contributed by atoms with Gasteiger partial charge in [-0.1, -0.05) is 0 Å². The third kappa shape index (κ3) is 0.964. The van der Waals surface area contributed by atoms with Gasteiger partial charge in [-0.3, -0.25) is 0 Å². The van der Waals surface area contributed by atoms with Gasteiger partial charge in [0.1, 0.15) is 12.5 Å². The molecule has 7 atom stereocenters. The van der Waals surface area contributed by atoms with Crippen LogP contribution < -0.4 is 0 Å². The summed E-state index contributed by atoms with van der Waals surface area (Å²) in [5, 5.41) is 0. The first-order chi connectivity index (χ1) is 7.68. The van der Waals surface area contributed by atoms with E-state index < -0.39 is 0 Å². The Bertz CT molecular complexity index is 319. The summed E-state index contributed by atoms with van der Waals surface area (Å²) in [6.45, 7) is 7.77. The molecule has 1 aliphatic carbocycles. The van der Waals surface area contributed by atoms with Crippen LogP contribution in [0.5, 0.6) is 0 Å². The second-order valence-electron chi connectivity index (χ2n) is 6.30. The molecule has 90 valence electrons. The molecule has 0 N–H and O–H groups in total. The van der Waals surface area contributed by atoms with Gasteiger partial charge in [-0.15, -0.1) is 0 Å². The molecular formula is C13H21NO2. The van der Waals surface area contributed by atoms with E-state index in [2.05, 4.69) is 25.7 Å². The minimum atomic E-state index is 0.339. The van der Waals surface area contributed by atoms with Crippen LogP contribution in [-0.4, -0.2) is 36.1 Å². The third-order valence-electron chi connectivity index (χ3n) is 5.36. The molecule has 1 saturated carbocycles. The fourth-order valence-electron chi connectivity index (χ4n) is 4.89. The highest BCUT2D eigenvalue weighted by Gasteiger charge is 2.65. The number of hydrogen-bond donors (Lipinski definition) is 0. The van der Waals surface area contributed by atoms with E-state index in [9.17, 15) is 0 Å². The molecule has 0 aromatic carbocycles. The van der Waals surface area contributed by atoms with Crippen LogP contribution in [0.4, 0.5) is 0 Å². The quantitative estimate of drug-likeness (QED) is 0.675. The second kappa shape index (κ2) is 3.01. The summed E-state index contributed by atoms with van der Waals surface area (Å²) in [6.07, 6.45) is 2.47. The van der Waals surface area contributed by atoms with E-state index in [0.29, 0.717) is 24.6 Å². The maximum Gasteiger partial charge on any atom is 0.116 e. The van der Waals surface area contributed by atoms with Gasteiger partial charge < -0.3 is 9.47 Å². The zero-order valence-electron chi connectivity index (χ0n) is 10.3. The van der Waals surface area contributed by atoms with Crippen molar-refractivity contribution in [2.45, 2.75) is 51.8 Å².